The van der Waals surface area contributed by atoms with E-state index in [1.807, 2.05) is 36.4 Å². The predicted molar refractivity (Wildman–Crippen MR) is 154 cm³/mol. The Balaban J connectivity index is 1.58. The highest BCUT2D eigenvalue weighted by Gasteiger charge is 2.27. The van der Waals surface area contributed by atoms with Gasteiger partial charge in [-0.25, -0.2) is 14.2 Å². The van der Waals surface area contributed by atoms with Crippen LogP contribution in [-0.2, 0) is 6.42 Å². The lowest BCUT2D eigenvalue weighted by Gasteiger charge is -2.17. The second kappa shape index (κ2) is 11.5. The molecule has 1 atom stereocenters. The summed E-state index contributed by atoms with van der Waals surface area (Å²) in [4.78, 5) is 24.0. The Kier molecular flexibility index (Phi) is 7.84. The monoisotopic (exact) mass is 640 g/mol. The van der Waals surface area contributed by atoms with Gasteiger partial charge in [0.15, 0.2) is 0 Å². The summed E-state index contributed by atoms with van der Waals surface area (Å²) >= 11 is 2.05. The molecule has 10 heteroatoms. The number of halogens is 2. The minimum Gasteiger partial charge on any atom is -0.493 e. The van der Waals surface area contributed by atoms with E-state index in [0.29, 0.717) is 40.5 Å². The third kappa shape index (κ3) is 5.62. The lowest BCUT2D eigenvalue weighted by molar-refractivity contribution is 0.201. The molecule has 3 aromatic carbocycles. The minimum atomic E-state index is -0.712. The first-order valence-corrected chi connectivity index (χ1v) is 13.4. The topological polar surface area (TPSA) is 116 Å². The number of nitrogens with one attached hydrogen (secondary N) is 2. The lowest BCUT2D eigenvalue weighted by Crippen LogP contribution is -2.25. The molecule has 0 spiro atoms. The van der Waals surface area contributed by atoms with Gasteiger partial charge in [0.25, 0.3) is 0 Å². The van der Waals surface area contributed by atoms with Crippen LogP contribution in [-0.4, -0.2) is 42.9 Å². The lowest BCUT2D eigenvalue weighted by atomic mass is 10.0. The van der Waals surface area contributed by atoms with Gasteiger partial charge in [-0.1, -0.05) is 30.3 Å². The van der Waals surface area contributed by atoms with Crippen LogP contribution in [0.3, 0.4) is 0 Å². The number of imidazole rings is 2. The van der Waals surface area contributed by atoms with Gasteiger partial charge in [0, 0.05) is 26.8 Å². The van der Waals surface area contributed by atoms with E-state index in [0.717, 1.165) is 9.13 Å². The van der Waals surface area contributed by atoms with E-state index in [4.69, 9.17) is 14.8 Å². The second-order valence-electron chi connectivity index (χ2n) is 9.02. The molecule has 200 valence electrons. The summed E-state index contributed by atoms with van der Waals surface area (Å²) in [5.41, 5.74) is 2.68. The molecule has 5 rings (SSSR count). The number of aromatic amines is 2. The molecule has 0 bridgehead atoms. The Morgan fingerprint density at radius 3 is 2.51 bits per heavy atom. The Bertz CT molecular complexity index is 1640. The molecule has 0 saturated carbocycles. The van der Waals surface area contributed by atoms with Gasteiger partial charge >= 0.3 is 5.69 Å². The number of aliphatic hydroxyl groups excluding tert-OH is 1. The van der Waals surface area contributed by atoms with Gasteiger partial charge in [-0.15, -0.1) is 0 Å². The highest BCUT2D eigenvalue weighted by atomic mass is 127. The maximum absolute atomic E-state index is 14.8. The van der Waals surface area contributed by atoms with E-state index in [9.17, 15) is 14.3 Å². The Labute approximate surface area is 237 Å². The van der Waals surface area contributed by atoms with Gasteiger partial charge in [0.2, 0.25) is 5.88 Å². The van der Waals surface area contributed by atoms with Gasteiger partial charge in [0.05, 0.1) is 12.3 Å². The molecule has 0 saturated heterocycles. The maximum Gasteiger partial charge on any atom is 0.329 e. The molecule has 0 aliphatic heterocycles. The highest BCUT2D eigenvalue weighted by Crippen LogP contribution is 2.34. The third-order valence-corrected chi connectivity index (χ3v) is 7.06. The summed E-state index contributed by atoms with van der Waals surface area (Å²) < 4.78 is 22.3. The van der Waals surface area contributed by atoms with Crippen LogP contribution in [0.2, 0.25) is 0 Å². The molecule has 0 radical (unpaired) electrons. The molecule has 0 unspecified atom stereocenters. The predicted octanol–water partition coefficient (Wildman–Crippen LogP) is 5.19. The summed E-state index contributed by atoms with van der Waals surface area (Å²) in [6.07, 6.45) is 0.348. The number of benzene rings is 3. The quantitative estimate of drug-likeness (QED) is 0.166. The fourth-order valence-electron chi connectivity index (χ4n) is 4.54. The number of aromatic nitrogens is 4. The van der Waals surface area contributed by atoms with Crippen LogP contribution in [0, 0.1) is 16.3 Å². The number of aryl methyl sites for hydroxylation is 1. The molecular weight excluding hydrogens is 614 g/mol. The number of hydrogen-bond donors (Lipinski definition) is 4. The number of aromatic hydroxyl groups is 1. The SMILES string of the molecule is Cc1[nH]c([C@H](Cc2ccccc2)n2c(O)c(-c3ccc(OCCO)cc3)[nH]c2=O)nc1-c1ccc(I)cc1F. The number of ether oxygens (including phenoxy) is 1. The molecular formula is C29H26FIN4O4. The molecule has 39 heavy (non-hydrogen) atoms. The minimum absolute atomic E-state index is 0.105. The van der Waals surface area contributed by atoms with Crippen LogP contribution < -0.4 is 10.4 Å². The molecule has 0 amide bonds. The standard InChI is InChI=1S/C29H26FIN4O4/c1-17-25(22-12-9-20(31)16-23(22)30)33-27(32-17)24(15-18-5-3-2-4-6-18)35-28(37)26(34-29(35)38)19-7-10-21(11-8-19)39-14-13-36/h2-12,16,24,36-37H,13-15H2,1H3,(H,32,33)(H,34,38)/t24-/m0/s1. The Morgan fingerprint density at radius 1 is 1.08 bits per heavy atom. The van der Waals surface area contributed by atoms with E-state index < -0.39 is 17.5 Å². The zero-order chi connectivity index (χ0) is 27.5. The van der Waals surface area contributed by atoms with Crippen LogP contribution in [0.25, 0.3) is 22.5 Å². The van der Waals surface area contributed by atoms with Gasteiger partial charge in [-0.05, 0) is 77.5 Å². The summed E-state index contributed by atoms with van der Waals surface area (Å²) in [6, 6.07) is 20.6. The molecule has 8 nitrogen and oxygen atoms in total. The molecule has 0 aliphatic rings. The summed E-state index contributed by atoms with van der Waals surface area (Å²) in [5.74, 6) is 0.330. The van der Waals surface area contributed by atoms with Crippen molar-refractivity contribution in [2.24, 2.45) is 0 Å². The number of hydrogen-bond acceptors (Lipinski definition) is 5. The first kappa shape index (κ1) is 26.7. The van der Waals surface area contributed by atoms with Crippen molar-refractivity contribution in [3.05, 3.63) is 110 Å². The smallest absolute Gasteiger partial charge is 0.329 e. The molecule has 0 aliphatic carbocycles. The van der Waals surface area contributed by atoms with Crippen molar-refractivity contribution in [1.82, 2.24) is 19.5 Å². The van der Waals surface area contributed by atoms with Crippen molar-refractivity contribution in [2.75, 3.05) is 13.2 Å². The molecule has 5 aromatic rings. The van der Waals surface area contributed by atoms with Gasteiger partial charge in [-0.2, -0.15) is 0 Å². The van der Waals surface area contributed by atoms with E-state index >= 15 is 0 Å². The van der Waals surface area contributed by atoms with Crippen LogP contribution in [0.15, 0.2) is 77.6 Å². The van der Waals surface area contributed by atoms with Crippen LogP contribution in [0.4, 0.5) is 4.39 Å². The maximum atomic E-state index is 14.8. The fraction of sp³-hybridized carbons (Fsp3) is 0.172. The van der Waals surface area contributed by atoms with E-state index in [-0.39, 0.29) is 24.8 Å². The average molecular weight is 640 g/mol. The van der Waals surface area contributed by atoms with E-state index in [2.05, 4.69) is 32.6 Å². The van der Waals surface area contributed by atoms with Crippen molar-refractivity contribution in [2.45, 2.75) is 19.4 Å². The van der Waals surface area contributed by atoms with Crippen molar-refractivity contribution in [3.63, 3.8) is 0 Å². The number of aliphatic hydroxyl groups is 1. The van der Waals surface area contributed by atoms with E-state index in [1.54, 1.807) is 37.3 Å². The first-order chi connectivity index (χ1) is 18.9. The Morgan fingerprint density at radius 2 is 1.82 bits per heavy atom. The summed E-state index contributed by atoms with van der Waals surface area (Å²) in [5, 5.41) is 20.3. The average Bonchev–Trinajstić information content (AvgIpc) is 3.45. The van der Waals surface area contributed by atoms with Crippen molar-refractivity contribution < 1.29 is 19.3 Å². The van der Waals surface area contributed by atoms with Gasteiger partial charge < -0.3 is 24.9 Å². The van der Waals surface area contributed by atoms with Crippen LogP contribution in [0.5, 0.6) is 11.6 Å². The Hall–Kier alpha value is -3.90. The zero-order valence-electron chi connectivity index (χ0n) is 21.0. The molecule has 2 heterocycles. The van der Waals surface area contributed by atoms with Crippen molar-refractivity contribution >= 4 is 22.6 Å². The number of nitrogens with zero attached hydrogens (tertiary/aromatic N) is 2. The first-order valence-electron chi connectivity index (χ1n) is 12.3. The largest absolute Gasteiger partial charge is 0.493 e. The number of rotatable bonds is 9. The summed E-state index contributed by atoms with van der Waals surface area (Å²) in [6.45, 7) is 1.86. The fourth-order valence-corrected chi connectivity index (χ4v) is 5.00. The molecule has 4 N–H and O–H groups in total. The van der Waals surface area contributed by atoms with Crippen molar-refractivity contribution in [3.8, 4) is 34.1 Å². The van der Waals surface area contributed by atoms with Crippen molar-refractivity contribution in [1.29, 1.82) is 0 Å². The van der Waals surface area contributed by atoms with Gasteiger partial charge in [-0.3, -0.25) is 4.57 Å². The normalized spacial score (nSPS) is 12.0. The highest BCUT2D eigenvalue weighted by molar-refractivity contribution is 14.1. The van der Waals surface area contributed by atoms with Gasteiger partial charge in [0.1, 0.15) is 35.7 Å². The zero-order valence-corrected chi connectivity index (χ0v) is 23.1. The summed E-state index contributed by atoms with van der Waals surface area (Å²) in [7, 11) is 0. The van der Waals surface area contributed by atoms with Crippen LogP contribution in [0.1, 0.15) is 23.1 Å². The number of H-pyrrole nitrogens is 2. The van der Waals surface area contributed by atoms with E-state index in [1.165, 1.54) is 10.6 Å². The molecule has 2 aromatic heterocycles. The third-order valence-electron chi connectivity index (χ3n) is 6.39. The molecule has 0 fully saturated rings. The van der Waals surface area contributed by atoms with Crippen LogP contribution >= 0.6 is 22.6 Å². The second-order valence-corrected chi connectivity index (χ2v) is 10.3.